The molecule has 26 heavy (non-hydrogen) atoms. The molecule has 0 bridgehead atoms. The lowest BCUT2D eigenvalue weighted by Crippen LogP contribution is -2.44. The van der Waals surface area contributed by atoms with Crippen LogP contribution < -0.4 is 9.47 Å². The van der Waals surface area contributed by atoms with E-state index in [0.29, 0.717) is 17.2 Å². The largest absolute Gasteiger partial charge is 0.482 e. The average Bonchev–Trinajstić information content (AvgIpc) is 2.65. The van der Waals surface area contributed by atoms with Crippen molar-refractivity contribution in [1.82, 2.24) is 9.97 Å². The minimum atomic E-state index is -0.821. The molecule has 2 atom stereocenters. The van der Waals surface area contributed by atoms with Gasteiger partial charge in [-0.25, -0.2) is 14.8 Å². The summed E-state index contributed by atoms with van der Waals surface area (Å²) in [4.78, 5) is 21.5. The standard InChI is InChI=1S/C20H18N2O4/c1-12-16(22-15-8-4-3-7-14(15)21-12)11-24-20(23)19-13(2)25-17-9-5-6-10-18(17)26-19/h3-10,13,19H,11H2,1-2H3/t13-,19+/m1/s1. The molecule has 6 heteroatoms. The van der Waals surface area contributed by atoms with Crippen molar-refractivity contribution < 1.29 is 19.0 Å². The van der Waals surface area contributed by atoms with Crippen LogP contribution in [0, 0.1) is 6.92 Å². The Hall–Kier alpha value is -3.15. The van der Waals surface area contributed by atoms with Crippen molar-refractivity contribution in [2.75, 3.05) is 0 Å². The van der Waals surface area contributed by atoms with E-state index in [1.807, 2.05) is 43.3 Å². The van der Waals surface area contributed by atoms with Crippen LogP contribution in [0.4, 0.5) is 0 Å². The van der Waals surface area contributed by atoms with Crippen LogP contribution in [0.3, 0.4) is 0 Å². The Morgan fingerprint density at radius 3 is 2.35 bits per heavy atom. The Kier molecular flexibility index (Phi) is 4.16. The molecule has 0 amide bonds. The zero-order valence-corrected chi connectivity index (χ0v) is 14.5. The van der Waals surface area contributed by atoms with E-state index in [0.717, 1.165) is 16.7 Å². The van der Waals surface area contributed by atoms with Gasteiger partial charge in [-0.05, 0) is 38.1 Å². The third kappa shape index (κ3) is 3.06. The molecule has 4 rings (SSSR count). The van der Waals surface area contributed by atoms with Gasteiger partial charge in [-0.2, -0.15) is 0 Å². The number of ether oxygens (including phenoxy) is 3. The van der Waals surface area contributed by atoms with Gasteiger partial charge in [0, 0.05) is 0 Å². The van der Waals surface area contributed by atoms with E-state index >= 15 is 0 Å². The Balaban J connectivity index is 1.48. The van der Waals surface area contributed by atoms with E-state index in [9.17, 15) is 4.79 Å². The second kappa shape index (κ2) is 6.63. The quantitative estimate of drug-likeness (QED) is 0.676. The fourth-order valence-electron chi connectivity index (χ4n) is 2.86. The summed E-state index contributed by atoms with van der Waals surface area (Å²) in [6.45, 7) is 3.67. The van der Waals surface area contributed by atoms with E-state index in [1.54, 1.807) is 19.1 Å². The highest BCUT2D eigenvalue weighted by Gasteiger charge is 2.35. The lowest BCUT2D eigenvalue weighted by atomic mass is 10.2. The number of benzene rings is 2. The van der Waals surface area contributed by atoms with Crippen LogP contribution in [0.5, 0.6) is 11.5 Å². The summed E-state index contributed by atoms with van der Waals surface area (Å²) >= 11 is 0. The molecule has 0 radical (unpaired) electrons. The third-order valence-corrected chi connectivity index (χ3v) is 4.27. The van der Waals surface area contributed by atoms with Gasteiger partial charge in [-0.1, -0.05) is 24.3 Å². The number of hydrogen-bond acceptors (Lipinski definition) is 6. The zero-order chi connectivity index (χ0) is 18.1. The zero-order valence-electron chi connectivity index (χ0n) is 14.5. The highest BCUT2D eigenvalue weighted by atomic mass is 16.6. The molecule has 0 N–H and O–H groups in total. The molecule has 0 saturated carbocycles. The predicted octanol–water partition coefficient (Wildman–Crippen LogP) is 3.21. The average molecular weight is 350 g/mol. The van der Waals surface area contributed by atoms with E-state index < -0.39 is 18.2 Å². The van der Waals surface area contributed by atoms with Crippen molar-refractivity contribution in [2.45, 2.75) is 32.7 Å². The Bertz CT molecular complexity index is 973. The topological polar surface area (TPSA) is 70.5 Å². The van der Waals surface area contributed by atoms with Crippen LogP contribution in [-0.2, 0) is 16.1 Å². The number of nitrogens with zero attached hydrogens (tertiary/aromatic N) is 2. The Morgan fingerprint density at radius 2 is 1.62 bits per heavy atom. The van der Waals surface area contributed by atoms with Crippen molar-refractivity contribution in [2.24, 2.45) is 0 Å². The summed E-state index contributed by atoms with van der Waals surface area (Å²) in [6, 6.07) is 14.8. The predicted molar refractivity (Wildman–Crippen MR) is 95.0 cm³/mol. The molecule has 2 heterocycles. The molecule has 0 unspecified atom stereocenters. The lowest BCUT2D eigenvalue weighted by Gasteiger charge is -2.30. The van der Waals surface area contributed by atoms with Gasteiger partial charge >= 0.3 is 5.97 Å². The van der Waals surface area contributed by atoms with Gasteiger partial charge in [0.1, 0.15) is 12.7 Å². The molecule has 6 nitrogen and oxygen atoms in total. The molecule has 0 saturated heterocycles. The van der Waals surface area contributed by atoms with Gasteiger partial charge in [-0.3, -0.25) is 0 Å². The molecule has 132 valence electrons. The number of fused-ring (bicyclic) bond motifs is 2. The van der Waals surface area contributed by atoms with E-state index in [4.69, 9.17) is 14.2 Å². The van der Waals surface area contributed by atoms with E-state index in [1.165, 1.54) is 0 Å². The number of aryl methyl sites for hydroxylation is 1. The summed E-state index contributed by atoms with van der Waals surface area (Å²) in [5.41, 5.74) is 2.94. The number of carbonyl (C=O) groups is 1. The van der Waals surface area contributed by atoms with Gasteiger partial charge in [0.15, 0.2) is 11.5 Å². The lowest BCUT2D eigenvalue weighted by molar-refractivity contribution is -0.159. The molecule has 1 aromatic heterocycles. The number of para-hydroxylation sites is 4. The van der Waals surface area contributed by atoms with Crippen molar-refractivity contribution in [3.05, 3.63) is 59.9 Å². The number of aromatic nitrogens is 2. The first-order valence-corrected chi connectivity index (χ1v) is 8.43. The first kappa shape index (κ1) is 16.3. The van der Waals surface area contributed by atoms with Crippen LogP contribution in [0.1, 0.15) is 18.3 Å². The molecule has 0 fully saturated rings. The maximum absolute atomic E-state index is 12.5. The van der Waals surface area contributed by atoms with Gasteiger partial charge in [0.2, 0.25) is 6.10 Å². The number of carbonyl (C=O) groups excluding carboxylic acids is 1. The first-order chi connectivity index (χ1) is 12.6. The molecule has 1 aliphatic heterocycles. The van der Waals surface area contributed by atoms with Crippen molar-refractivity contribution in [3.63, 3.8) is 0 Å². The molecule has 3 aromatic rings. The van der Waals surface area contributed by atoms with Gasteiger partial charge in [-0.15, -0.1) is 0 Å². The highest BCUT2D eigenvalue weighted by Crippen LogP contribution is 2.33. The summed E-state index contributed by atoms with van der Waals surface area (Å²) in [7, 11) is 0. The second-order valence-electron chi connectivity index (χ2n) is 6.16. The monoisotopic (exact) mass is 350 g/mol. The fourth-order valence-corrected chi connectivity index (χ4v) is 2.86. The second-order valence-corrected chi connectivity index (χ2v) is 6.16. The normalized spacial score (nSPS) is 18.5. The van der Waals surface area contributed by atoms with Crippen LogP contribution in [0.2, 0.25) is 0 Å². The summed E-state index contributed by atoms with van der Waals surface area (Å²) in [5, 5.41) is 0. The molecule has 2 aromatic carbocycles. The summed E-state index contributed by atoms with van der Waals surface area (Å²) < 4.78 is 16.9. The molecule has 0 spiro atoms. The molecule has 1 aliphatic rings. The van der Waals surface area contributed by atoms with Crippen LogP contribution in [-0.4, -0.2) is 28.1 Å². The van der Waals surface area contributed by atoms with E-state index in [-0.39, 0.29) is 6.61 Å². The summed E-state index contributed by atoms with van der Waals surface area (Å²) in [5.74, 6) is 0.677. The maximum Gasteiger partial charge on any atom is 0.351 e. The number of rotatable bonds is 3. The van der Waals surface area contributed by atoms with Crippen LogP contribution in [0.15, 0.2) is 48.5 Å². The number of hydrogen-bond donors (Lipinski definition) is 0. The van der Waals surface area contributed by atoms with Gasteiger partial charge < -0.3 is 14.2 Å². The first-order valence-electron chi connectivity index (χ1n) is 8.43. The molecular weight excluding hydrogens is 332 g/mol. The minimum absolute atomic E-state index is 0.0384. The molecule has 0 aliphatic carbocycles. The van der Waals surface area contributed by atoms with Gasteiger partial charge in [0.25, 0.3) is 0 Å². The minimum Gasteiger partial charge on any atom is -0.482 e. The molecular formula is C20H18N2O4. The van der Waals surface area contributed by atoms with Crippen molar-refractivity contribution in [1.29, 1.82) is 0 Å². The van der Waals surface area contributed by atoms with E-state index in [2.05, 4.69) is 9.97 Å². The van der Waals surface area contributed by atoms with Crippen molar-refractivity contribution >= 4 is 17.0 Å². The highest BCUT2D eigenvalue weighted by molar-refractivity contribution is 5.77. The fraction of sp³-hybridized carbons (Fsp3) is 0.250. The Morgan fingerprint density at radius 1 is 1.00 bits per heavy atom. The Labute approximate surface area is 150 Å². The van der Waals surface area contributed by atoms with Crippen LogP contribution >= 0.6 is 0 Å². The smallest absolute Gasteiger partial charge is 0.351 e. The SMILES string of the molecule is Cc1nc2ccccc2nc1COC(=O)[C@H]1Oc2ccccc2O[C@@H]1C. The van der Waals surface area contributed by atoms with Crippen molar-refractivity contribution in [3.8, 4) is 11.5 Å². The summed E-state index contributed by atoms with van der Waals surface area (Å²) in [6.07, 6.45) is -1.26. The number of esters is 1. The maximum atomic E-state index is 12.5. The van der Waals surface area contributed by atoms with Gasteiger partial charge in [0.05, 0.1) is 22.4 Å². The van der Waals surface area contributed by atoms with Crippen LogP contribution in [0.25, 0.3) is 11.0 Å². The third-order valence-electron chi connectivity index (χ3n) is 4.27.